The number of nitrogens with zero attached hydrogens (tertiary/aromatic N) is 2. The molecule has 9 heteroatoms. The number of fused-ring (bicyclic) bond motifs is 1. The quantitative estimate of drug-likeness (QED) is 0.696. The van der Waals surface area contributed by atoms with Crippen LogP contribution in [0.15, 0.2) is 65.7 Å². The van der Waals surface area contributed by atoms with Gasteiger partial charge in [-0.3, -0.25) is 0 Å². The zero-order valence-electron chi connectivity index (χ0n) is 15.2. The van der Waals surface area contributed by atoms with Crippen LogP contribution >= 0.6 is 0 Å². The molecular formula is C20H18F3N3O2S. The van der Waals surface area contributed by atoms with Crippen LogP contribution in [0.4, 0.5) is 19.0 Å². The number of halogens is 3. The van der Waals surface area contributed by atoms with E-state index < -0.39 is 21.8 Å². The highest BCUT2D eigenvalue weighted by Crippen LogP contribution is 2.30. The summed E-state index contributed by atoms with van der Waals surface area (Å²) in [6, 6.07) is 14.3. The third-order valence-corrected chi connectivity index (χ3v) is 6.53. The first kappa shape index (κ1) is 19.7. The van der Waals surface area contributed by atoms with Crippen molar-refractivity contribution in [2.45, 2.75) is 23.5 Å². The lowest BCUT2D eigenvalue weighted by atomic mass is 10.1. The Morgan fingerprint density at radius 3 is 2.52 bits per heavy atom. The van der Waals surface area contributed by atoms with Gasteiger partial charge in [-0.25, -0.2) is 18.1 Å². The first-order valence-corrected chi connectivity index (χ1v) is 10.5. The highest BCUT2D eigenvalue weighted by atomic mass is 32.2. The summed E-state index contributed by atoms with van der Waals surface area (Å²) in [7, 11) is -3.75. The van der Waals surface area contributed by atoms with Gasteiger partial charge in [0.05, 0.1) is 10.5 Å². The number of aromatic nitrogens is 1. The number of sulfonamides is 1. The van der Waals surface area contributed by atoms with Gasteiger partial charge < -0.3 is 4.90 Å². The Kier molecular flexibility index (Phi) is 4.95. The van der Waals surface area contributed by atoms with Crippen molar-refractivity contribution in [1.82, 2.24) is 9.71 Å². The van der Waals surface area contributed by atoms with E-state index in [1.54, 1.807) is 29.2 Å². The van der Waals surface area contributed by atoms with E-state index in [1.807, 2.05) is 18.2 Å². The number of hydrogen-bond acceptors (Lipinski definition) is 4. The van der Waals surface area contributed by atoms with E-state index in [9.17, 15) is 21.6 Å². The van der Waals surface area contributed by atoms with Gasteiger partial charge in [0.25, 0.3) is 0 Å². The maximum atomic E-state index is 12.9. The van der Waals surface area contributed by atoms with E-state index in [-0.39, 0.29) is 10.9 Å². The average molecular weight is 421 g/mol. The molecule has 2 heterocycles. The molecule has 2 aromatic carbocycles. The van der Waals surface area contributed by atoms with Crippen molar-refractivity contribution in [3.05, 3.63) is 66.4 Å². The van der Waals surface area contributed by atoms with Crippen LogP contribution in [0.25, 0.3) is 10.8 Å². The molecule has 1 aliphatic heterocycles. The molecule has 0 amide bonds. The summed E-state index contributed by atoms with van der Waals surface area (Å²) >= 11 is 0. The van der Waals surface area contributed by atoms with Gasteiger partial charge in [0, 0.05) is 30.7 Å². The molecule has 0 bridgehead atoms. The summed E-state index contributed by atoms with van der Waals surface area (Å²) < 4.78 is 66.6. The Labute approximate surface area is 166 Å². The molecule has 3 aromatic rings. The predicted molar refractivity (Wildman–Crippen MR) is 104 cm³/mol. The molecule has 1 saturated heterocycles. The lowest BCUT2D eigenvalue weighted by Crippen LogP contribution is -2.37. The predicted octanol–water partition coefficient (Wildman–Crippen LogP) is 3.81. The van der Waals surface area contributed by atoms with Crippen molar-refractivity contribution >= 4 is 26.6 Å². The molecule has 152 valence electrons. The number of alkyl halides is 3. The van der Waals surface area contributed by atoms with Crippen LogP contribution in [0.3, 0.4) is 0 Å². The van der Waals surface area contributed by atoms with E-state index >= 15 is 0 Å². The van der Waals surface area contributed by atoms with E-state index in [1.165, 1.54) is 6.07 Å². The number of pyridine rings is 1. The Morgan fingerprint density at radius 2 is 1.79 bits per heavy atom. The third kappa shape index (κ3) is 4.06. The van der Waals surface area contributed by atoms with Gasteiger partial charge >= 0.3 is 6.18 Å². The zero-order chi connectivity index (χ0) is 20.6. The smallest absolute Gasteiger partial charge is 0.355 e. The third-order valence-electron chi connectivity index (χ3n) is 4.95. The molecule has 29 heavy (non-hydrogen) atoms. The molecule has 1 aromatic heterocycles. The minimum Gasteiger partial charge on any atom is -0.355 e. The van der Waals surface area contributed by atoms with Crippen LogP contribution < -0.4 is 9.62 Å². The van der Waals surface area contributed by atoms with Crippen molar-refractivity contribution in [2.75, 3.05) is 18.0 Å². The minimum atomic E-state index is -4.44. The highest BCUT2D eigenvalue weighted by molar-refractivity contribution is 7.89. The second-order valence-corrected chi connectivity index (χ2v) is 8.62. The molecule has 0 spiro atoms. The Hall–Kier alpha value is -2.65. The topological polar surface area (TPSA) is 62.3 Å². The van der Waals surface area contributed by atoms with Crippen molar-refractivity contribution < 1.29 is 21.6 Å². The molecule has 1 unspecified atom stereocenters. The van der Waals surface area contributed by atoms with Gasteiger partial charge in [-0.2, -0.15) is 13.2 Å². The Morgan fingerprint density at radius 1 is 1.03 bits per heavy atom. The van der Waals surface area contributed by atoms with Crippen LogP contribution in [0.2, 0.25) is 0 Å². The number of hydrogen-bond donors (Lipinski definition) is 1. The van der Waals surface area contributed by atoms with Gasteiger partial charge in [-0.05, 0) is 30.0 Å². The molecule has 4 rings (SSSR count). The second kappa shape index (κ2) is 7.31. The molecule has 0 saturated carbocycles. The maximum Gasteiger partial charge on any atom is 0.417 e. The van der Waals surface area contributed by atoms with Crippen LogP contribution in [0, 0.1) is 0 Å². The molecule has 0 aliphatic carbocycles. The fourth-order valence-electron chi connectivity index (χ4n) is 3.52. The Bertz CT molecular complexity index is 1130. The zero-order valence-corrected chi connectivity index (χ0v) is 16.0. The van der Waals surface area contributed by atoms with Crippen molar-refractivity contribution in [3.63, 3.8) is 0 Å². The highest BCUT2D eigenvalue weighted by Gasteiger charge is 2.32. The molecule has 1 fully saturated rings. The first-order valence-electron chi connectivity index (χ1n) is 9.02. The summed E-state index contributed by atoms with van der Waals surface area (Å²) in [6.45, 7) is 0.837. The van der Waals surface area contributed by atoms with Crippen LogP contribution in [0.1, 0.15) is 12.0 Å². The molecule has 1 atom stereocenters. The van der Waals surface area contributed by atoms with Crippen molar-refractivity contribution in [1.29, 1.82) is 0 Å². The SMILES string of the molecule is O=S(=O)(NC1CCN(c2ccc(C(F)(F)F)cn2)C1)c1cccc2ccccc12. The molecule has 1 N–H and O–H groups in total. The van der Waals surface area contributed by atoms with Crippen molar-refractivity contribution in [2.24, 2.45) is 0 Å². The normalized spacial score (nSPS) is 17.8. The fraction of sp³-hybridized carbons (Fsp3) is 0.250. The minimum absolute atomic E-state index is 0.210. The first-order chi connectivity index (χ1) is 13.7. The van der Waals surface area contributed by atoms with E-state index in [4.69, 9.17) is 0 Å². The standard InChI is InChI=1S/C20H18F3N3O2S/c21-20(22,23)15-8-9-19(24-12-15)26-11-10-16(13-26)25-29(27,28)18-7-3-5-14-4-1-2-6-17(14)18/h1-9,12,16,25H,10-11,13H2. The van der Waals surface area contributed by atoms with Crippen LogP contribution in [-0.2, 0) is 16.2 Å². The average Bonchev–Trinajstić information content (AvgIpc) is 3.14. The van der Waals surface area contributed by atoms with Crippen LogP contribution in [-0.4, -0.2) is 32.5 Å². The van der Waals surface area contributed by atoms with E-state index in [2.05, 4.69) is 9.71 Å². The van der Waals surface area contributed by atoms with Gasteiger partial charge in [0.15, 0.2) is 0 Å². The lowest BCUT2D eigenvalue weighted by molar-refractivity contribution is -0.137. The van der Waals surface area contributed by atoms with Gasteiger partial charge in [-0.1, -0.05) is 36.4 Å². The van der Waals surface area contributed by atoms with E-state index in [0.717, 1.165) is 17.6 Å². The summed E-state index contributed by atoms with van der Waals surface area (Å²) in [5, 5.41) is 1.47. The molecule has 1 aliphatic rings. The molecular weight excluding hydrogens is 403 g/mol. The number of rotatable bonds is 4. The number of anilines is 1. The van der Waals surface area contributed by atoms with Gasteiger partial charge in [0.2, 0.25) is 10.0 Å². The fourth-order valence-corrected chi connectivity index (χ4v) is 5.01. The number of nitrogens with one attached hydrogen (secondary N) is 1. The summed E-state index contributed by atoms with van der Waals surface area (Å²) in [4.78, 5) is 5.87. The number of benzene rings is 2. The largest absolute Gasteiger partial charge is 0.417 e. The molecule has 5 nitrogen and oxygen atoms in total. The second-order valence-electron chi connectivity index (χ2n) is 6.93. The lowest BCUT2D eigenvalue weighted by Gasteiger charge is -2.19. The summed E-state index contributed by atoms with van der Waals surface area (Å²) in [5.41, 5.74) is -0.811. The Balaban J connectivity index is 1.49. The van der Waals surface area contributed by atoms with Gasteiger partial charge in [0.1, 0.15) is 5.82 Å². The maximum absolute atomic E-state index is 12.9. The van der Waals surface area contributed by atoms with Gasteiger partial charge in [-0.15, -0.1) is 0 Å². The van der Waals surface area contributed by atoms with E-state index in [0.29, 0.717) is 30.7 Å². The summed E-state index contributed by atoms with van der Waals surface area (Å²) in [6.07, 6.45) is -3.11. The van der Waals surface area contributed by atoms with Crippen molar-refractivity contribution in [3.8, 4) is 0 Å². The monoisotopic (exact) mass is 421 g/mol. The summed E-state index contributed by atoms with van der Waals surface area (Å²) in [5.74, 6) is 0.393. The molecule has 0 radical (unpaired) electrons. The van der Waals surface area contributed by atoms with Crippen LogP contribution in [0.5, 0.6) is 0 Å².